The van der Waals surface area contributed by atoms with E-state index >= 15 is 0 Å². The molecule has 2 N–H and O–H groups in total. The Morgan fingerprint density at radius 2 is 1.74 bits per heavy atom. The summed E-state index contributed by atoms with van der Waals surface area (Å²) in [6.45, 7) is 0.748. The van der Waals surface area contributed by atoms with Gasteiger partial charge in [-0.05, 0) is 37.1 Å². The van der Waals surface area contributed by atoms with Crippen LogP contribution >= 0.6 is 0 Å². The van der Waals surface area contributed by atoms with E-state index in [1.807, 2.05) is 12.1 Å². The van der Waals surface area contributed by atoms with E-state index in [0.717, 1.165) is 23.6 Å². The highest BCUT2D eigenvalue weighted by atomic mass is 16.4. The summed E-state index contributed by atoms with van der Waals surface area (Å²) >= 11 is 0. The molecule has 1 aliphatic carbocycles. The fraction of sp³-hybridized carbons (Fsp3) is 0.421. The van der Waals surface area contributed by atoms with Crippen LogP contribution in [0.2, 0.25) is 0 Å². The van der Waals surface area contributed by atoms with Crippen molar-refractivity contribution in [3.8, 4) is 11.3 Å². The first-order valence-corrected chi connectivity index (χ1v) is 8.38. The molecule has 0 saturated heterocycles. The Morgan fingerprint density at radius 1 is 1.04 bits per heavy atom. The summed E-state index contributed by atoms with van der Waals surface area (Å²) in [6.07, 6.45) is 7.85. The highest BCUT2D eigenvalue weighted by Gasteiger charge is 2.13. The van der Waals surface area contributed by atoms with Gasteiger partial charge in [-0.1, -0.05) is 37.8 Å². The summed E-state index contributed by atoms with van der Waals surface area (Å²) < 4.78 is 5.88. The number of furan rings is 1. The molecule has 1 aromatic heterocycles. The molecule has 122 valence electrons. The monoisotopic (exact) mass is 313 g/mol. The maximum atomic E-state index is 10.9. The van der Waals surface area contributed by atoms with Crippen LogP contribution in [0.15, 0.2) is 40.8 Å². The largest absolute Gasteiger partial charge is 0.478 e. The molecule has 2 aromatic rings. The molecule has 0 spiro atoms. The topological polar surface area (TPSA) is 62.5 Å². The summed E-state index contributed by atoms with van der Waals surface area (Å²) in [5, 5.41) is 12.5. The molecule has 0 aliphatic heterocycles. The van der Waals surface area contributed by atoms with Crippen molar-refractivity contribution in [2.45, 2.75) is 51.1 Å². The maximum absolute atomic E-state index is 10.9. The predicted octanol–water partition coefficient (Wildman–Crippen LogP) is 4.46. The number of carbonyl (C=O) groups is 1. The molecule has 4 heteroatoms. The second-order valence-electron chi connectivity index (χ2n) is 6.22. The van der Waals surface area contributed by atoms with Crippen LogP contribution in [-0.2, 0) is 6.54 Å². The Balaban J connectivity index is 1.60. The van der Waals surface area contributed by atoms with E-state index in [1.165, 1.54) is 38.5 Å². The fourth-order valence-corrected chi connectivity index (χ4v) is 3.13. The first kappa shape index (κ1) is 15.8. The molecule has 1 saturated carbocycles. The Labute approximate surface area is 136 Å². The third-order valence-electron chi connectivity index (χ3n) is 4.50. The number of nitrogens with one attached hydrogen (secondary N) is 1. The van der Waals surface area contributed by atoms with Crippen LogP contribution in [-0.4, -0.2) is 17.1 Å². The van der Waals surface area contributed by atoms with Crippen molar-refractivity contribution in [2.75, 3.05) is 0 Å². The Morgan fingerprint density at radius 3 is 2.39 bits per heavy atom. The zero-order chi connectivity index (χ0) is 16.1. The van der Waals surface area contributed by atoms with Gasteiger partial charge in [0.15, 0.2) is 0 Å². The summed E-state index contributed by atoms with van der Waals surface area (Å²) in [4.78, 5) is 10.9. The molecule has 0 amide bonds. The van der Waals surface area contributed by atoms with Gasteiger partial charge in [-0.15, -0.1) is 0 Å². The molecule has 0 unspecified atom stereocenters. The molecule has 1 fully saturated rings. The summed E-state index contributed by atoms with van der Waals surface area (Å²) in [6, 6.07) is 11.3. The standard InChI is InChI=1S/C19H23NO3/c21-19(22)15-9-7-14(8-10-15)18-12-11-17(23-18)13-20-16-5-3-1-2-4-6-16/h7-12,16,20H,1-6,13H2,(H,21,22). The number of hydrogen-bond donors (Lipinski definition) is 2. The minimum Gasteiger partial charge on any atom is -0.478 e. The van der Waals surface area contributed by atoms with Crippen molar-refractivity contribution in [1.29, 1.82) is 0 Å². The van der Waals surface area contributed by atoms with E-state index in [0.29, 0.717) is 6.04 Å². The van der Waals surface area contributed by atoms with E-state index in [-0.39, 0.29) is 5.56 Å². The highest BCUT2D eigenvalue weighted by Crippen LogP contribution is 2.23. The molecule has 0 radical (unpaired) electrons. The van der Waals surface area contributed by atoms with Gasteiger partial charge < -0.3 is 14.8 Å². The van der Waals surface area contributed by atoms with E-state index in [2.05, 4.69) is 5.32 Å². The lowest BCUT2D eigenvalue weighted by Crippen LogP contribution is -2.27. The second-order valence-corrected chi connectivity index (χ2v) is 6.22. The molecule has 0 bridgehead atoms. The molecule has 4 nitrogen and oxygen atoms in total. The number of carboxylic acids is 1. The van der Waals surface area contributed by atoms with Crippen LogP contribution in [0.1, 0.15) is 54.6 Å². The molecule has 1 heterocycles. The van der Waals surface area contributed by atoms with E-state index in [4.69, 9.17) is 9.52 Å². The fourth-order valence-electron chi connectivity index (χ4n) is 3.13. The van der Waals surface area contributed by atoms with Crippen LogP contribution in [0.4, 0.5) is 0 Å². The van der Waals surface area contributed by atoms with Crippen molar-refractivity contribution < 1.29 is 14.3 Å². The van der Waals surface area contributed by atoms with Gasteiger partial charge in [-0.2, -0.15) is 0 Å². The SMILES string of the molecule is O=C(O)c1ccc(-c2ccc(CNC3CCCCCC3)o2)cc1. The normalized spacial score (nSPS) is 16.2. The lowest BCUT2D eigenvalue weighted by molar-refractivity contribution is 0.0697. The quantitative estimate of drug-likeness (QED) is 0.800. The van der Waals surface area contributed by atoms with Crippen molar-refractivity contribution in [2.24, 2.45) is 0 Å². The summed E-state index contributed by atoms with van der Waals surface area (Å²) in [7, 11) is 0. The third-order valence-corrected chi connectivity index (χ3v) is 4.50. The molecule has 23 heavy (non-hydrogen) atoms. The van der Waals surface area contributed by atoms with Crippen LogP contribution in [0, 0.1) is 0 Å². The lowest BCUT2D eigenvalue weighted by atomic mass is 10.1. The van der Waals surface area contributed by atoms with Gasteiger partial charge in [0.1, 0.15) is 11.5 Å². The zero-order valence-electron chi connectivity index (χ0n) is 13.3. The number of rotatable bonds is 5. The Hall–Kier alpha value is -2.07. The van der Waals surface area contributed by atoms with Gasteiger partial charge in [0.05, 0.1) is 12.1 Å². The molecule has 1 aliphatic rings. The summed E-state index contributed by atoms with van der Waals surface area (Å²) in [5.74, 6) is 0.787. The average molecular weight is 313 g/mol. The molecule has 0 atom stereocenters. The first-order chi connectivity index (χ1) is 11.2. The van der Waals surface area contributed by atoms with Gasteiger partial charge >= 0.3 is 5.97 Å². The predicted molar refractivity (Wildman–Crippen MR) is 89.4 cm³/mol. The lowest BCUT2D eigenvalue weighted by Gasteiger charge is -2.14. The minimum absolute atomic E-state index is 0.288. The van der Waals surface area contributed by atoms with Crippen LogP contribution in [0.25, 0.3) is 11.3 Å². The van der Waals surface area contributed by atoms with Gasteiger partial charge in [-0.25, -0.2) is 4.79 Å². The van der Waals surface area contributed by atoms with E-state index in [9.17, 15) is 4.79 Å². The van der Waals surface area contributed by atoms with Crippen molar-refractivity contribution in [3.63, 3.8) is 0 Å². The second kappa shape index (κ2) is 7.47. The zero-order valence-corrected chi connectivity index (χ0v) is 13.3. The highest BCUT2D eigenvalue weighted by molar-refractivity contribution is 5.88. The first-order valence-electron chi connectivity index (χ1n) is 8.38. The minimum atomic E-state index is -0.913. The smallest absolute Gasteiger partial charge is 0.335 e. The van der Waals surface area contributed by atoms with Gasteiger partial charge in [0.25, 0.3) is 0 Å². The molecule has 3 rings (SSSR count). The summed E-state index contributed by atoms with van der Waals surface area (Å²) in [5.41, 5.74) is 1.19. The third kappa shape index (κ3) is 4.23. The van der Waals surface area contributed by atoms with Gasteiger partial charge in [-0.3, -0.25) is 0 Å². The maximum Gasteiger partial charge on any atom is 0.335 e. The number of aromatic carboxylic acids is 1. The van der Waals surface area contributed by atoms with Crippen LogP contribution in [0.3, 0.4) is 0 Å². The van der Waals surface area contributed by atoms with Gasteiger partial charge in [0.2, 0.25) is 0 Å². The Bertz CT molecular complexity index is 637. The number of carboxylic acid groups (broad SMARTS) is 1. The van der Waals surface area contributed by atoms with Crippen molar-refractivity contribution >= 4 is 5.97 Å². The van der Waals surface area contributed by atoms with E-state index in [1.54, 1.807) is 24.3 Å². The average Bonchev–Trinajstić information content (AvgIpc) is 2.88. The number of benzene rings is 1. The molecule has 1 aromatic carbocycles. The van der Waals surface area contributed by atoms with Crippen molar-refractivity contribution in [3.05, 3.63) is 47.7 Å². The van der Waals surface area contributed by atoms with E-state index < -0.39 is 5.97 Å². The molecular formula is C19H23NO3. The van der Waals surface area contributed by atoms with Gasteiger partial charge in [0, 0.05) is 11.6 Å². The van der Waals surface area contributed by atoms with Crippen LogP contribution in [0.5, 0.6) is 0 Å². The Kier molecular flexibility index (Phi) is 5.13. The van der Waals surface area contributed by atoms with Crippen LogP contribution < -0.4 is 5.32 Å². The van der Waals surface area contributed by atoms with Crippen molar-refractivity contribution in [1.82, 2.24) is 5.32 Å². The number of hydrogen-bond acceptors (Lipinski definition) is 3. The molecular weight excluding hydrogens is 290 g/mol.